The summed E-state index contributed by atoms with van der Waals surface area (Å²) in [4.78, 5) is 22.1. The van der Waals surface area contributed by atoms with E-state index < -0.39 is 24.3 Å². The first-order chi connectivity index (χ1) is 12.9. The first-order valence-electron chi connectivity index (χ1n) is 8.16. The standard InChI is InChI=1S/C17H17F3N4O3/c18-17(19,20)12-2-1-3-13(8-12)27-10-16(25)23-14-9-15(22-11-21-14)24-4-6-26-7-5-24/h1-3,8-9,11H,4-7,10H2,(H,21,22,23,25). The van der Waals surface area contributed by atoms with Gasteiger partial charge in [-0.2, -0.15) is 13.2 Å². The zero-order valence-corrected chi connectivity index (χ0v) is 14.2. The molecular formula is C17H17F3N4O3. The molecule has 0 atom stereocenters. The number of aromatic nitrogens is 2. The van der Waals surface area contributed by atoms with Crippen LogP contribution >= 0.6 is 0 Å². The molecule has 2 heterocycles. The SMILES string of the molecule is O=C(COc1cccc(C(F)(F)F)c1)Nc1cc(N2CCOCC2)ncn1. The molecule has 144 valence electrons. The van der Waals surface area contributed by atoms with Gasteiger partial charge in [-0.25, -0.2) is 9.97 Å². The summed E-state index contributed by atoms with van der Waals surface area (Å²) < 4.78 is 48.5. The number of amides is 1. The van der Waals surface area contributed by atoms with E-state index in [0.29, 0.717) is 32.1 Å². The molecule has 27 heavy (non-hydrogen) atoms. The Hall–Kier alpha value is -2.88. The average molecular weight is 382 g/mol. The predicted octanol–water partition coefficient (Wildman–Crippen LogP) is 2.35. The largest absolute Gasteiger partial charge is 0.484 e. The molecule has 1 N–H and O–H groups in total. The minimum Gasteiger partial charge on any atom is -0.484 e. The molecule has 1 aliphatic rings. The van der Waals surface area contributed by atoms with Crippen LogP contribution in [0, 0.1) is 0 Å². The number of hydrogen-bond donors (Lipinski definition) is 1. The predicted molar refractivity (Wildman–Crippen MR) is 90.6 cm³/mol. The summed E-state index contributed by atoms with van der Waals surface area (Å²) in [6.45, 7) is 2.11. The van der Waals surface area contributed by atoms with Crippen molar-refractivity contribution in [1.82, 2.24) is 9.97 Å². The normalized spacial score (nSPS) is 14.7. The first kappa shape index (κ1) is 18.9. The molecule has 7 nitrogen and oxygen atoms in total. The minimum atomic E-state index is -4.47. The Morgan fingerprint density at radius 3 is 2.74 bits per heavy atom. The summed E-state index contributed by atoms with van der Waals surface area (Å²) >= 11 is 0. The van der Waals surface area contributed by atoms with Gasteiger partial charge in [0.05, 0.1) is 18.8 Å². The number of alkyl halides is 3. The minimum absolute atomic E-state index is 0.0448. The highest BCUT2D eigenvalue weighted by atomic mass is 19.4. The molecule has 0 spiro atoms. The van der Waals surface area contributed by atoms with Crippen LogP contribution in [0.3, 0.4) is 0 Å². The lowest BCUT2D eigenvalue weighted by Gasteiger charge is -2.27. The van der Waals surface area contributed by atoms with Crippen molar-refractivity contribution in [3.8, 4) is 5.75 Å². The third kappa shape index (κ3) is 5.30. The van der Waals surface area contributed by atoms with Crippen LogP contribution in [0.4, 0.5) is 24.8 Å². The molecule has 0 aliphatic carbocycles. The lowest BCUT2D eigenvalue weighted by atomic mass is 10.2. The number of carbonyl (C=O) groups excluding carboxylic acids is 1. The molecule has 0 bridgehead atoms. The number of benzene rings is 1. The third-order valence-corrected chi connectivity index (χ3v) is 3.79. The summed E-state index contributed by atoms with van der Waals surface area (Å²) in [5.41, 5.74) is -0.841. The van der Waals surface area contributed by atoms with Gasteiger partial charge < -0.3 is 19.7 Å². The van der Waals surface area contributed by atoms with Crippen LogP contribution in [-0.2, 0) is 15.7 Å². The fraction of sp³-hybridized carbons (Fsp3) is 0.353. The van der Waals surface area contributed by atoms with E-state index in [4.69, 9.17) is 9.47 Å². The van der Waals surface area contributed by atoms with E-state index in [1.54, 1.807) is 6.07 Å². The molecular weight excluding hydrogens is 365 g/mol. The average Bonchev–Trinajstić information content (AvgIpc) is 2.67. The Bertz CT molecular complexity index is 795. The van der Waals surface area contributed by atoms with Gasteiger partial charge in [0, 0.05) is 19.2 Å². The second-order valence-electron chi connectivity index (χ2n) is 5.72. The summed E-state index contributed by atoms with van der Waals surface area (Å²) in [5.74, 6) is 0.349. The van der Waals surface area contributed by atoms with Gasteiger partial charge in [-0.15, -0.1) is 0 Å². The summed E-state index contributed by atoms with van der Waals surface area (Å²) in [6, 6.07) is 5.96. The van der Waals surface area contributed by atoms with Crippen molar-refractivity contribution in [2.75, 3.05) is 43.1 Å². The van der Waals surface area contributed by atoms with Crippen molar-refractivity contribution in [1.29, 1.82) is 0 Å². The molecule has 10 heteroatoms. The van der Waals surface area contributed by atoms with E-state index >= 15 is 0 Å². The van der Waals surface area contributed by atoms with Crippen LogP contribution in [0.5, 0.6) is 5.75 Å². The van der Waals surface area contributed by atoms with Crippen LogP contribution in [0.25, 0.3) is 0 Å². The highest BCUT2D eigenvalue weighted by molar-refractivity contribution is 5.91. The van der Waals surface area contributed by atoms with Crippen molar-refractivity contribution in [3.63, 3.8) is 0 Å². The Kier molecular flexibility index (Phi) is 5.75. The van der Waals surface area contributed by atoms with E-state index in [2.05, 4.69) is 15.3 Å². The van der Waals surface area contributed by atoms with Gasteiger partial charge in [0.25, 0.3) is 5.91 Å². The summed E-state index contributed by atoms with van der Waals surface area (Å²) in [6.07, 6.45) is -3.15. The second-order valence-corrected chi connectivity index (χ2v) is 5.72. The number of carbonyl (C=O) groups is 1. The van der Waals surface area contributed by atoms with E-state index in [1.165, 1.54) is 18.5 Å². The zero-order valence-electron chi connectivity index (χ0n) is 14.2. The van der Waals surface area contributed by atoms with E-state index in [1.807, 2.05) is 4.90 Å². The van der Waals surface area contributed by atoms with Gasteiger partial charge in [-0.1, -0.05) is 6.07 Å². The molecule has 1 aromatic heterocycles. The Labute approximate surface area is 153 Å². The summed E-state index contributed by atoms with van der Waals surface area (Å²) in [5, 5.41) is 2.54. The van der Waals surface area contributed by atoms with E-state index in [9.17, 15) is 18.0 Å². The van der Waals surface area contributed by atoms with Crippen molar-refractivity contribution >= 4 is 17.5 Å². The number of nitrogens with zero attached hydrogens (tertiary/aromatic N) is 3. The molecule has 1 aromatic carbocycles. The number of hydrogen-bond acceptors (Lipinski definition) is 6. The maximum atomic E-state index is 12.7. The highest BCUT2D eigenvalue weighted by Gasteiger charge is 2.30. The maximum Gasteiger partial charge on any atom is 0.416 e. The van der Waals surface area contributed by atoms with Crippen LogP contribution in [-0.4, -0.2) is 48.8 Å². The fourth-order valence-corrected chi connectivity index (χ4v) is 2.47. The first-order valence-corrected chi connectivity index (χ1v) is 8.16. The van der Waals surface area contributed by atoms with Crippen LogP contribution < -0.4 is 15.0 Å². The Balaban J connectivity index is 1.57. The number of morpholine rings is 1. The number of ether oxygens (including phenoxy) is 2. The van der Waals surface area contributed by atoms with E-state index in [0.717, 1.165) is 12.1 Å². The Morgan fingerprint density at radius 2 is 2.00 bits per heavy atom. The lowest BCUT2D eigenvalue weighted by Crippen LogP contribution is -2.36. The molecule has 2 aromatic rings. The van der Waals surface area contributed by atoms with Gasteiger partial charge in [-0.05, 0) is 18.2 Å². The van der Waals surface area contributed by atoms with E-state index in [-0.39, 0.29) is 11.6 Å². The zero-order chi connectivity index (χ0) is 19.3. The van der Waals surface area contributed by atoms with Crippen LogP contribution in [0.1, 0.15) is 5.56 Å². The molecule has 0 saturated carbocycles. The van der Waals surface area contributed by atoms with Crippen molar-refractivity contribution in [2.45, 2.75) is 6.18 Å². The monoisotopic (exact) mass is 382 g/mol. The summed E-state index contributed by atoms with van der Waals surface area (Å²) in [7, 11) is 0. The molecule has 3 rings (SSSR count). The van der Waals surface area contributed by atoms with Crippen molar-refractivity contribution in [2.24, 2.45) is 0 Å². The van der Waals surface area contributed by atoms with Gasteiger partial charge in [0.1, 0.15) is 23.7 Å². The molecule has 1 aliphatic heterocycles. The molecule has 1 fully saturated rings. The van der Waals surface area contributed by atoms with Gasteiger partial charge in [-0.3, -0.25) is 4.79 Å². The molecule has 0 radical (unpaired) electrons. The number of nitrogens with one attached hydrogen (secondary N) is 1. The maximum absolute atomic E-state index is 12.7. The lowest BCUT2D eigenvalue weighted by molar-refractivity contribution is -0.137. The van der Waals surface area contributed by atoms with Crippen molar-refractivity contribution < 1.29 is 27.4 Å². The van der Waals surface area contributed by atoms with Gasteiger partial charge in [0.2, 0.25) is 0 Å². The molecule has 1 amide bonds. The second kappa shape index (κ2) is 8.21. The third-order valence-electron chi connectivity index (χ3n) is 3.79. The number of anilines is 2. The van der Waals surface area contributed by atoms with Gasteiger partial charge >= 0.3 is 6.18 Å². The number of halogens is 3. The topological polar surface area (TPSA) is 76.6 Å². The van der Waals surface area contributed by atoms with Crippen molar-refractivity contribution in [3.05, 3.63) is 42.2 Å². The fourth-order valence-electron chi connectivity index (χ4n) is 2.47. The molecule has 0 unspecified atom stereocenters. The van der Waals surface area contributed by atoms with Crippen LogP contribution in [0.15, 0.2) is 36.7 Å². The van der Waals surface area contributed by atoms with Gasteiger partial charge in [0.15, 0.2) is 6.61 Å². The number of rotatable bonds is 5. The quantitative estimate of drug-likeness (QED) is 0.856. The van der Waals surface area contributed by atoms with Crippen LogP contribution in [0.2, 0.25) is 0 Å². The molecule has 1 saturated heterocycles. The Morgan fingerprint density at radius 1 is 1.22 bits per heavy atom. The smallest absolute Gasteiger partial charge is 0.416 e. The highest BCUT2D eigenvalue weighted by Crippen LogP contribution is 2.31.